The highest BCUT2D eigenvalue weighted by molar-refractivity contribution is 6.04. The molecule has 1 amide bonds. The van der Waals surface area contributed by atoms with Gasteiger partial charge in [0.1, 0.15) is 5.82 Å². The van der Waals surface area contributed by atoms with Crippen LogP contribution in [0.15, 0.2) is 65.3 Å². The molecule has 0 bridgehead atoms. The van der Waals surface area contributed by atoms with Crippen molar-refractivity contribution >= 4 is 28.6 Å². The van der Waals surface area contributed by atoms with Crippen LogP contribution in [0.25, 0.3) is 22.7 Å². The van der Waals surface area contributed by atoms with E-state index >= 15 is 0 Å². The molecule has 0 aliphatic heterocycles. The summed E-state index contributed by atoms with van der Waals surface area (Å²) in [5, 5.41) is 2.81. The summed E-state index contributed by atoms with van der Waals surface area (Å²) in [6, 6.07) is 14.5. The summed E-state index contributed by atoms with van der Waals surface area (Å²) in [4.78, 5) is 27.2. The second kappa shape index (κ2) is 6.87. The zero-order chi connectivity index (χ0) is 18.8. The van der Waals surface area contributed by atoms with Crippen LogP contribution in [0.5, 0.6) is 0 Å². The SMILES string of the molecule is CN(C)c1cccc(C(=O)Nc2cc(-c3nc4ncccc4o3)ccn2)c1. The van der Waals surface area contributed by atoms with Crippen molar-refractivity contribution in [3.63, 3.8) is 0 Å². The zero-order valence-corrected chi connectivity index (χ0v) is 14.9. The van der Waals surface area contributed by atoms with E-state index in [0.29, 0.717) is 34.1 Å². The summed E-state index contributed by atoms with van der Waals surface area (Å²) in [5.41, 5.74) is 3.36. The molecule has 0 aliphatic carbocycles. The first-order valence-electron chi connectivity index (χ1n) is 8.37. The minimum Gasteiger partial charge on any atom is -0.434 e. The number of aromatic nitrogens is 3. The number of fused-ring (bicyclic) bond motifs is 1. The van der Waals surface area contributed by atoms with Crippen LogP contribution in [0.3, 0.4) is 0 Å². The van der Waals surface area contributed by atoms with Crippen molar-refractivity contribution in [2.75, 3.05) is 24.3 Å². The number of pyridine rings is 2. The summed E-state index contributed by atoms with van der Waals surface area (Å²) in [5.74, 6) is 0.613. The standard InChI is InChI=1S/C20H17N5O2/c1-25(2)15-6-3-5-13(11-15)19(26)23-17-12-14(8-10-21-17)20-24-18-16(27-20)7-4-9-22-18/h3-12H,1-2H3,(H,21,23,26). The molecule has 7 heteroatoms. The number of carbonyl (C=O) groups excluding carboxylic acids is 1. The molecule has 0 fully saturated rings. The molecule has 0 spiro atoms. The Bertz CT molecular complexity index is 1090. The van der Waals surface area contributed by atoms with Crippen molar-refractivity contribution in [2.45, 2.75) is 0 Å². The third-order valence-electron chi connectivity index (χ3n) is 4.04. The number of hydrogen-bond donors (Lipinski definition) is 1. The fraction of sp³-hybridized carbons (Fsp3) is 0.100. The first-order chi connectivity index (χ1) is 13.1. The number of oxazole rings is 1. The Hall–Kier alpha value is -3.74. The number of nitrogens with one attached hydrogen (secondary N) is 1. The van der Waals surface area contributed by atoms with Crippen molar-refractivity contribution in [3.8, 4) is 11.5 Å². The highest BCUT2D eigenvalue weighted by Crippen LogP contribution is 2.24. The molecule has 1 aromatic carbocycles. The van der Waals surface area contributed by atoms with E-state index in [-0.39, 0.29) is 5.91 Å². The van der Waals surface area contributed by atoms with Crippen LogP contribution in [0.2, 0.25) is 0 Å². The van der Waals surface area contributed by atoms with Crippen LogP contribution >= 0.6 is 0 Å². The fourth-order valence-corrected chi connectivity index (χ4v) is 2.64. The van der Waals surface area contributed by atoms with Gasteiger partial charge in [0.15, 0.2) is 11.2 Å². The van der Waals surface area contributed by atoms with Gasteiger partial charge in [-0.1, -0.05) is 6.07 Å². The van der Waals surface area contributed by atoms with Crippen LogP contribution in [0.4, 0.5) is 11.5 Å². The molecule has 0 atom stereocenters. The molecule has 27 heavy (non-hydrogen) atoms. The molecule has 1 N–H and O–H groups in total. The highest BCUT2D eigenvalue weighted by atomic mass is 16.3. The Balaban J connectivity index is 1.59. The molecule has 0 saturated heterocycles. The normalized spacial score (nSPS) is 10.7. The van der Waals surface area contributed by atoms with Crippen LogP contribution in [-0.2, 0) is 0 Å². The first-order valence-corrected chi connectivity index (χ1v) is 8.37. The van der Waals surface area contributed by atoms with Crippen LogP contribution in [-0.4, -0.2) is 35.0 Å². The molecular formula is C20H17N5O2. The predicted molar refractivity (Wildman–Crippen MR) is 104 cm³/mol. The number of rotatable bonds is 4. The maximum atomic E-state index is 12.6. The van der Waals surface area contributed by atoms with Gasteiger partial charge in [0.25, 0.3) is 5.91 Å². The quantitative estimate of drug-likeness (QED) is 0.599. The molecule has 4 aromatic rings. The van der Waals surface area contributed by atoms with Gasteiger partial charge in [-0.2, -0.15) is 4.98 Å². The number of benzene rings is 1. The monoisotopic (exact) mass is 359 g/mol. The summed E-state index contributed by atoms with van der Waals surface area (Å²) < 4.78 is 5.72. The van der Waals surface area contributed by atoms with Crippen molar-refractivity contribution in [3.05, 3.63) is 66.5 Å². The Labute approximate surface area is 155 Å². The smallest absolute Gasteiger partial charge is 0.256 e. The molecule has 0 radical (unpaired) electrons. The minimum atomic E-state index is -0.234. The lowest BCUT2D eigenvalue weighted by atomic mass is 10.2. The molecule has 0 aliphatic rings. The van der Waals surface area contributed by atoms with Gasteiger partial charge in [-0.3, -0.25) is 4.79 Å². The van der Waals surface area contributed by atoms with Crippen molar-refractivity contribution in [1.29, 1.82) is 0 Å². The van der Waals surface area contributed by atoms with Crippen molar-refractivity contribution in [2.24, 2.45) is 0 Å². The fourth-order valence-electron chi connectivity index (χ4n) is 2.64. The van der Waals surface area contributed by atoms with Gasteiger partial charge >= 0.3 is 0 Å². The van der Waals surface area contributed by atoms with Gasteiger partial charge in [0, 0.05) is 43.3 Å². The third-order valence-corrected chi connectivity index (χ3v) is 4.04. The number of anilines is 2. The molecule has 4 rings (SSSR count). The van der Waals surface area contributed by atoms with Crippen LogP contribution < -0.4 is 10.2 Å². The lowest BCUT2D eigenvalue weighted by molar-refractivity contribution is 0.102. The Morgan fingerprint density at radius 2 is 1.93 bits per heavy atom. The average Bonchev–Trinajstić information content (AvgIpc) is 3.12. The maximum absolute atomic E-state index is 12.6. The van der Waals surface area contributed by atoms with Gasteiger partial charge in [-0.15, -0.1) is 0 Å². The second-order valence-electron chi connectivity index (χ2n) is 6.17. The predicted octanol–water partition coefficient (Wildman–Crippen LogP) is 3.60. The number of carbonyl (C=O) groups is 1. The van der Waals surface area contributed by atoms with Crippen LogP contribution in [0, 0.1) is 0 Å². The highest BCUT2D eigenvalue weighted by Gasteiger charge is 2.12. The summed E-state index contributed by atoms with van der Waals surface area (Å²) in [6.07, 6.45) is 3.26. The van der Waals surface area contributed by atoms with E-state index in [4.69, 9.17) is 4.42 Å². The Kier molecular flexibility index (Phi) is 4.25. The van der Waals surface area contributed by atoms with Gasteiger partial charge < -0.3 is 14.6 Å². The van der Waals surface area contributed by atoms with Gasteiger partial charge in [0.2, 0.25) is 5.89 Å². The second-order valence-corrected chi connectivity index (χ2v) is 6.17. The van der Waals surface area contributed by atoms with E-state index in [0.717, 1.165) is 5.69 Å². The van der Waals surface area contributed by atoms with E-state index in [1.807, 2.05) is 37.2 Å². The summed E-state index contributed by atoms with van der Waals surface area (Å²) in [7, 11) is 3.86. The van der Waals surface area contributed by atoms with Gasteiger partial charge in [-0.05, 0) is 42.5 Å². The molecule has 7 nitrogen and oxygen atoms in total. The largest absolute Gasteiger partial charge is 0.434 e. The van der Waals surface area contributed by atoms with Crippen LogP contribution in [0.1, 0.15) is 10.4 Å². The van der Waals surface area contributed by atoms with Crippen molar-refractivity contribution in [1.82, 2.24) is 15.0 Å². The van der Waals surface area contributed by atoms with E-state index < -0.39 is 0 Å². The van der Waals surface area contributed by atoms with E-state index in [2.05, 4.69) is 20.3 Å². The summed E-state index contributed by atoms with van der Waals surface area (Å²) >= 11 is 0. The average molecular weight is 359 g/mol. The van der Waals surface area contributed by atoms with Gasteiger partial charge in [-0.25, -0.2) is 9.97 Å². The van der Waals surface area contributed by atoms with E-state index in [9.17, 15) is 4.79 Å². The van der Waals surface area contributed by atoms with E-state index in [1.54, 1.807) is 42.7 Å². The number of hydrogen-bond acceptors (Lipinski definition) is 6. The van der Waals surface area contributed by atoms with E-state index in [1.165, 1.54) is 0 Å². The first kappa shape index (κ1) is 16.7. The molecule has 0 unspecified atom stereocenters. The number of nitrogens with zero attached hydrogens (tertiary/aromatic N) is 4. The lowest BCUT2D eigenvalue weighted by Crippen LogP contribution is -2.14. The Morgan fingerprint density at radius 3 is 2.74 bits per heavy atom. The molecule has 134 valence electrons. The van der Waals surface area contributed by atoms with Gasteiger partial charge in [0.05, 0.1) is 0 Å². The zero-order valence-electron chi connectivity index (χ0n) is 14.9. The summed E-state index contributed by atoms with van der Waals surface area (Å²) in [6.45, 7) is 0. The third kappa shape index (κ3) is 3.48. The molecule has 3 aromatic heterocycles. The lowest BCUT2D eigenvalue weighted by Gasteiger charge is -2.13. The minimum absolute atomic E-state index is 0.234. The van der Waals surface area contributed by atoms with Crippen molar-refractivity contribution < 1.29 is 9.21 Å². The Morgan fingerprint density at radius 1 is 1.04 bits per heavy atom. The molecular weight excluding hydrogens is 342 g/mol. The molecule has 3 heterocycles. The topological polar surface area (TPSA) is 84.2 Å². The molecule has 0 saturated carbocycles. The maximum Gasteiger partial charge on any atom is 0.256 e. The number of amides is 1.